The Morgan fingerprint density at radius 1 is 0.933 bits per heavy atom. The van der Waals surface area contributed by atoms with E-state index in [0.717, 1.165) is 11.1 Å². The first-order chi connectivity index (χ1) is 14.3. The fourth-order valence-electron chi connectivity index (χ4n) is 4.68. The van der Waals surface area contributed by atoms with E-state index in [1.807, 2.05) is 24.3 Å². The van der Waals surface area contributed by atoms with Crippen LogP contribution in [0.25, 0.3) is 0 Å². The van der Waals surface area contributed by atoms with Crippen molar-refractivity contribution in [2.45, 2.75) is 29.3 Å². The van der Waals surface area contributed by atoms with Gasteiger partial charge in [-0.15, -0.1) is 0 Å². The van der Waals surface area contributed by atoms with E-state index in [4.69, 9.17) is 23.2 Å². The average molecular weight is 462 g/mol. The van der Waals surface area contributed by atoms with E-state index < -0.39 is 21.6 Å². The first-order valence-electron chi connectivity index (χ1n) is 9.64. The number of alkyl halides is 1. The molecule has 30 heavy (non-hydrogen) atoms. The van der Waals surface area contributed by atoms with Crippen molar-refractivity contribution in [2.24, 2.45) is 0 Å². The van der Waals surface area contributed by atoms with Crippen LogP contribution in [0.1, 0.15) is 29.0 Å². The number of nitrogens with zero attached hydrogens (tertiary/aromatic N) is 1. The van der Waals surface area contributed by atoms with E-state index in [2.05, 4.69) is 0 Å². The average Bonchev–Trinajstić information content (AvgIpc) is 2.72. The van der Waals surface area contributed by atoms with Gasteiger partial charge < -0.3 is 0 Å². The molecule has 5 rings (SSSR count). The molecule has 2 aliphatic rings. The summed E-state index contributed by atoms with van der Waals surface area (Å²) in [6, 6.07) is 18.7. The predicted octanol–water partition coefficient (Wildman–Crippen LogP) is 5.99. The lowest BCUT2D eigenvalue weighted by molar-refractivity contribution is 0.123. The highest BCUT2D eigenvalue weighted by molar-refractivity contribution is 7.92. The highest BCUT2D eigenvalue weighted by Crippen LogP contribution is 2.53. The van der Waals surface area contributed by atoms with Gasteiger partial charge in [-0.25, -0.2) is 12.8 Å². The summed E-state index contributed by atoms with van der Waals surface area (Å²) < 4.78 is 44.7. The van der Waals surface area contributed by atoms with Crippen molar-refractivity contribution < 1.29 is 12.8 Å². The SMILES string of the molecule is O=S(=O)(c1ccc(Cl)cc1)N1C[C@]2(F)CCc3ccccc3[C@@H]2c2cc(Cl)ccc21. The van der Waals surface area contributed by atoms with Crippen LogP contribution >= 0.6 is 23.2 Å². The Morgan fingerprint density at radius 2 is 1.63 bits per heavy atom. The summed E-state index contributed by atoms with van der Waals surface area (Å²) in [7, 11) is -3.98. The van der Waals surface area contributed by atoms with Crippen molar-refractivity contribution >= 4 is 38.9 Å². The maximum atomic E-state index is 16.5. The van der Waals surface area contributed by atoms with Crippen molar-refractivity contribution in [3.8, 4) is 0 Å². The van der Waals surface area contributed by atoms with Gasteiger partial charge in [-0.1, -0.05) is 47.5 Å². The first kappa shape index (κ1) is 19.9. The Kier molecular flexibility index (Phi) is 4.62. The third kappa shape index (κ3) is 3.03. The highest BCUT2D eigenvalue weighted by Gasteiger charge is 2.52. The largest absolute Gasteiger partial charge is 0.264 e. The number of rotatable bonds is 2. The van der Waals surface area contributed by atoms with Crippen LogP contribution in [0.4, 0.5) is 10.1 Å². The molecule has 0 amide bonds. The third-order valence-corrected chi connectivity index (χ3v) is 8.33. The molecule has 0 unspecified atom stereocenters. The molecule has 1 heterocycles. The Balaban J connectivity index is 1.72. The number of halogens is 3. The molecule has 3 nitrogen and oxygen atoms in total. The van der Waals surface area contributed by atoms with Gasteiger partial charge in [0.15, 0.2) is 0 Å². The molecule has 3 aromatic rings. The smallest absolute Gasteiger partial charge is 0.263 e. The van der Waals surface area contributed by atoms with E-state index in [-0.39, 0.29) is 17.9 Å². The molecule has 7 heteroatoms. The van der Waals surface area contributed by atoms with Gasteiger partial charge >= 0.3 is 0 Å². The Labute approximate surface area is 185 Å². The van der Waals surface area contributed by atoms with Crippen molar-refractivity contribution in [3.05, 3.63) is 93.5 Å². The maximum absolute atomic E-state index is 16.5. The standard InChI is InChI=1S/C23H18Cl2FNO2S/c24-16-5-8-18(9-6-16)30(28,29)27-14-23(26)12-11-15-3-1-2-4-19(15)22(23)20-13-17(25)7-10-21(20)27/h1-10,13,22H,11-12,14H2/t22-,23-/m1/s1. The number of fused-ring (bicyclic) bond motifs is 5. The second-order valence-corrected chi connectivity index (χ2v) is 10.6. The summed E-state index contributed by atoms with van der Waals surface area (Å²) in [4.78, 5) is 0.0751. The highest BCUT2D eigenvalue weighted by atomic mass is 35.5. The second-order valence-electron chi connectivity index (χ2n) is 7.84. The van der Waals surface area contributed by atoms with Crippen LogP contribution in [-0.4, -0.2) is 20.6 Å². The van der Waals surface area contributed by atoms with Crippen LogP contribution in [-0.2, 0) is 16.4 Å². The van der Waals surface area contributed by atoms with Gasteiger partial charge in [-0.3, -0.25) is 4.31 Å². The number of sulfonamides is 1. The minimum Gasteiger partial charge on any atom is -0.263 e. The number of benzene rings is 3. The van der Waals surface area contributed by atoms with Gasteiger partial charge in [0, 0.05) is 16.0 Å². The zero-order valence-electron chi connectivity index (χ0n) is 15.9. The fraction of sp³-hybridized carbons (Fsp3) is 0.217. The van der Waals surface area contributed by atoms with E-state index in [1.54, 1.807) is 18.2 Å². The summed E-state index contributed by atoms with van der Waals surface area (Å²) in [6.07, 6.45) is 0.807. The van der Waals surface area contributed by atoms with Crippen molar-refractivity contribution in [1.29, 1.82) is 0 Å². The lowest BCUT2D eigenvalue weighted by Crippen LogP contribution is -2.52. The third-order valence-electron chi connectivity index (χ3n) is 6.07. The summed E-state index contributed by atoms with van der Waals surface area (Å²) in [5, 5.41) is 0.885. The Bertz CT molecular complexity index is 1250. The Morgan fingerprint density at radius 3 is 2.40 bits per heavy atom. The van der Waals surface area contributed by atoms with Crippen LogP contribution in [0.3, 0.4) is 0 Å². The fourth-order valence-corrected chi connectivity index (χ4v) is 6.53. The molecule has 0 fully saturated rings. The van der Waals surface area contributed by atoms with E-state index in [0.29, 0.717) is 27.7 Å². The van der Waals surface area contributed by atoms with Gasteiger partial charge in [0.1, 0.15) is 5.67 Å². The monoisotopic (exact) mass is 461 g/mol. The number of anilines is 1. The lowest BCUT2D eigenvalue weighted by atomic mass is 9.68. The molecule has 0 aromatic heterocycles. The molecule has 3 aromatic carbocycles. The lowest BCUT2D eigenvalue weighted by Gasteiger charge is -2.47. The normalized spacial score (nSPS) is 22.8. The zero-order valence-corrected chi connectivity index (χ0v) is 18.2. The molecular weight excluding hydrogens is 444 g/mol. The minimum atomic E-state index is -3.98. The maximum Gasteiger partial charge on any atom is 0.264 e. The summed E-state index contributed by atoms with van der Waals surface area (Å²) in [6.45, 7) is -0.244. The van der Waals surface area contributed by atoms with Gasteiger partial charge in [0.2, 0.25) is 0 Å². The van der Waals surface area contributed by atoms with Crippen molar-refractivity contribution in [2.75, 3.05) is 10.8 Å². The summed E-state index contributed by atoms with van der Waals surface area (Å²) in [5.41, 5.74) is 1.32. The van der Waals surface area contributed by atoms with Crippen LogP contribution < -0.4 is 4.31 Å². The molecular formula is C23H18Cl2FNO2S. The van der Waals surface area contributed by atoms with Crippen LogP contribution in [0, 0.1) is 0 Å². The van der Waals surface area contributed by atoms with E-state index >= 15 is 4.39 Å². The molecule has 0 saturated heterocycles. The van der Waals surface area contributed by atoms with E-state index in [9.17, 15) is 8.42 Å². The molecule has 0 spiro atoms. The van der Waals surface area contributed by atoms with Gasteiger partial charge in [0.25, 0.3) is 10.0 Å². The first-order valence-corrected chi connectivity index (χ1v) is 11.8. The molecule has 154 valence electrons. The minimum absolute atomic E-state index is 0.0751. The van der Waals surface area contributed by atoms with E-state index in [1.165, 1.54) is 28.6 Å². The van der Waals surface area contributed by atoms with Crippen LogP contribution in [0.2, 0.25) is 10.0 Å². The number of hydrogen-bond donors (Lipinski definition) is 0. The van der Waals surface area contributed by atoms with Crippen LogP contribution in [0.15, 0.2) is 71.6 Å². The molecule has 0 saturated carbocycles. The molecule has 0 bridgehead atoms. The quantitative estimate of drug-likeness (QED) is 0.469. The number of hydrogen-bond acceptors (Lipinski definition) is 2. The van der Waals surface area contributed by atoms with Crippen molar-refractivity contribution in [3.63, 3.8) is 0 Å². The Hall–Kier alpha value is -2.08. The van der Waals surface area contributed by atoms with Crippen molar-refractivity contribution in [1.82, 2.24) is 0 Å². The summed E-state index contributed by atoms with van der Waals surface area (Å²) in [5.74, 6) is -0.562. The zero-order chi connectivity index (χ0) is 21.1. The predicted molar refractivity (Wildman–Crippen MR) is 118 cm³/mol. The molecule has 1 aliphatic carbocycles. The molecule has 0 N–H and O–H groups in total. The molecule has 1 aliphatic heterocycles. The molecule has 0 radical (unpaired) electrons. The summed E-state index contributed by atoms with van der Waals surface area (Å²) >= 11 is 12.2. The van der Waals surface area contributed by atoms with Crippen LogP contribution in [0.5, 0.6) is 0 Å². The van der Waals surface area contributed by atoms with Gasteiger partial charge in [-0.2, -0.15) is 0 Å². The molecule has 2 atom stereocenters. The van der Waals surface area contributed by atoms with Gasteiger partial charge in [0.05, 0.1) is 17.1 Å². The topological polar surface area (TPSA) is 37.4 Å². The van der Waals surface area contributed by atoms with Gasteiger partial charge in [-0.05, 0) is 72.0 Å². The number of aryl methyl sites for hydroxylation is 1. The second kappa shape index (κ2) is 6.98.